The van der Waals surface area contributed by atoms with Crippen LogP contribution in [0.25, 0.3) is 0 Å². The second-order valence-corrected chi connectivity index (χ2v) is 6.74. The van der Waals surface area contributed by atoms with Gasteiger partial charge in [-0.2, -0.15) is 0 Å². The largest absolute Gasteiger partial charge is 0.338 e. The SMILES string of the molecule is CC(=O)N1CCC[C@H]1[C@H]1CCCN1Cc1ccc(F)cc1Cl. The van der Waals surface area contributed by atoms with Crippen molar-refractivity contribution < 1.29 is 9.18 Å². The van der Waals surface area contributed by atoms with E-state index in [2.05, 4.69) is 4.90 Å². The summed E-state index contributed by atoms with van der Waals surface area (Å²) in [6, 6.07) is 5.32. The molecule has 1 aromatic rings. The Morgan fingerprint density at radius 1 is 1.27 bits per heavy atom. The summed E-state index contributed by atoms with van der Waals surface area (Å²) in [7, 11) is 0. The Morgan fingerprint density at radius 3 is 2.73 bits per heavy atom. The predicted molar refractivity (Wildman–Crippen MR) is 85.3 cm³/mol. The Kier molecular flexibility index (Phi) is 4.69. The lowest BCUT2D eigenvalue weighted by Gasteiger charge is -2.34. The van der Waals surface area contributed by atoms with Crippen molar-refractivity contribution in [3.05, 3.63) is 34.6 Å². The molecule has 0 unspecified atom stereocenters. The maximum atomic E-state index is 13.2. The highest BCUT2D eigenvalue weighted by Crippen LogP contribution is 2.32. The minimum absolute atomic E-state index is 0.175. The molecular formula is C17H22ClFN2O. The number of rotatable bonds is 3. The molecule has 0 saturated carbocycles. The van der Waals surface area contributed by atoms with E-state index in [0.29, 0.717) is 17.1 Å². The van der Waals surface area contributed by atoms with Crippen LogP contribution in [0.15, 0.2) is 18.2 Å². The van der Waals surface area contributed by atoms with Gasteiger partial charge in [0.15, 0.2) is 0 Å². The summed E-state index contributed by atoms with van der Waals surface area (Å²) in [5.74, 6) is -0.126. The minimum Gasteiger partial charge on any atom is -0.338 e. The summed E-state index contributed by atoms with van der Waals surface area (Å²) in [6.07, 6.45) is 4.43. The number of halogens is 2. The molecule has 0 N–H and O–H groups in total. The summed E-state index contributed by atoms with van der Waals surface area (Å²) in [5.41, 5.74) is 0.960. The molecule has 0 aromatic heterocycles. The first kappa shape index (κ1) is 15.8. The highest BCUT2D eigenvalue weighted by molar-refractivity contribution is 6.31. The quantitative estimate of drug-likeness (QED) is 0.850. The van der Waals surface area contributed by atoms with Gasteiger partial charge >= 0.3 is 0 Å². The average Bonchev–Trinajstić information content (AvgIpc) is 3.10. The number of benzene rings is 1. The Hall–Kier alpha value is -1.13. The van der Waals surface area contributed by atoms with Crippen molar-refractivity contribution in [3.8, 4) is 0 Å². The topological polar surface area (TPSA) is 23.6 Å². The van der Waals surface area contributed by atoms with E-state index in [-0.39, 0.29) is 11.7 Å². The second-order valence-electron chi connectivity index (χ2n) is 6.34. The maximum Gasteiger partial charge on any atom is 0.219 e. The van der Waals surface area contributed by atoms with Gasteiger partial charge in [-0.05, 0) is 49.9 Å². The molecule has 2 atom stereocenters. The zero-order chi connectivity index (χ0) is 15.7. The highest BCUT2D eigenvalue weighted by atomic mass is 35.5. The average molecular weight is 325 g/mol. The van der Waals surface area contributed by atoms with Gasteiger partial charge in [0.2, 0.25) is 5.91 Å². The molecular weight excluding hydrogens is 303 g/mol. The molecule has 2 saturated heterocycles. The van der Waals surface area contributed by atoms with Gasteiger partial charge in [0.1, 0.15) is 5.82 Å². The number of likely N-dealkylation sites (tertiary alicyclic amines) is 2. The molecule has 0 radical (unpaired) electrons. The van der Waals surface area contributed by atoms with E-state index in [4.69, 9.17) is 11.6 Å². The normalized spacial score (nSPS) is 25.9. The van der Waals surface area contributed by atoms with E-state index < -0.39 is 0 Å². The molecule has 2 aliphatic rings. The summed E-state index contributed by atoms with van der Waals surface area (Å²) in [5, 5.41) is 0.487. The van der Waals surface area contributed by atoms with Crippen LogP contribution in [0.2, 0.25) is 5.02 Å². The summed E-state index contributed by atoms with van der Waals surface area (Å²) < 4.78 is 13.2. The molecule has 2 heterocycles. The van der Waals surface area contributed by atoms with E-state index in [9.17, 15) is 9.18 Å². The number of amides is 1. The summed E-state index contributed by atoms with van der Waals surface area (Å²) in [4.78, 5) is 16.2. The molecule has 0 aliphatic carbocycles. The number of carbonyl (C=O) groups is 1. The van der Waals surface area contributed by atoms with E-state index >= 15 is 0 Å². The molecule has 2 fully saturated rings. The molecule has 2 aliphatic heterocycles. The van der Waals surface area contributed by atoms with Crippen molar-refractivity contribution in [3.63, 3.8) is 0 Å². The van der Waals surface area contributed by atoms with E-state index in [1.807, 2.05) is 4.90 Å². The zero-order valence-corrected chi connectivity index (χ0v) is 13.7. The standard InChI is InChI=1S/C17H22ClFN2O/c1-12(22)21-9-3-5-17(21)16-4-2-8-20(16)11-13-6-7-14(19)10-15(13)18/h6-7,10,16-17H,2-5,8-9,11H2,1H3/t16-,17+/m1/s1. The Bertz CT molecular complexity index is 566. The van der Waals surface area contributed by atoms with E-state index in [1.165, 1.54) is 12.1 Å². The van der Waals surface area contributed by atoms with Crippen molar-refractivity contribution in [1.29, 1.82) is 0 Å². The van der Waals surface area contributed by atoms with E-state index in [1.54, 1.807) is 13.0 Å². The molecule has 3 nitrogen and oxygen atoms in total. The van der Waals surface area contributed by atoms with Gasteiger partial charge in [-0.25, -0.2) is 4.39 Å². The fourth-order valence-electron chi connectivity index (χ4n) is 3.94. The first-order valence-corrected chi connectivity index (χ1v) is 8.39. The number of nitrogens with zero attached hydrogens (tertiary/aromatic N) is 2. The van der Waals surface area contributed by atoms with Gasteiger partial charge in [-0.1, -0.05) is 17.7 Å². The Balaban J connectivity index is 1.74. The smallest absolute Gasteiger partial charge is 0.219 e. The van der Waals surface area contributed by atoms with Crippen LogP contribution in [0.3, 0.4) is 0 Å². The van der Waals surface area contributed by atoms with Gasteiger partial charge in [0.05, 0.1) is 0 Å². The maximum absolute atomic E-state index is 13.2. The predicted octanol–water partition coefficient (Wildman–Crippen LogP) is 3.45. The van der Waals surface area contributed by atoms with Gasteiger partial charge in [-0.3, -0.25) is 9.69 Å². The molecule has 0 spiro atoms. The number of hydrogen-bond acceptors (Lipinski definition) is 2. The molecule has 5 heteroatoms. The molecule has 3 rings (SSSR count). The third kappa shape index (κ3) is 3.13. The van der Waals surface area contributed by atoms with Crippen molar-refractivity contribution in [2.75, 3.05) is 13.1 Å². The van der Waals surface area contributed by atoms with Crippen molar-refractivity contribution in [2.45, 2.75) is 51.2 Å². The third-order valence-corrected chi connectivity index (χ3v) is 5.30. The molecule has 22 heavy (non-hydrogen) atoms. The zero-order valence-electron chi connectivity index (χ0n) is 12.9. The van der Waals surface area contributed by atoms with E-state index in [0.717, 1.165) is 50.9 Å². The summed E-state index contributed by atoms with van der Waals surface area (Å²) in [6.45, 7) is 4.28. The third-order valence-electron chi connectivity index (χ3n) is 4.95. The summed E-state index contributed by atoms with van der Waals surface area (Å²) >= 11 is 6.16. The number of carbonyl (C=O) groups excluding carboxylic acids is 1. The van der Waals surface area contributed by atoms with Gasteiger partial charge in [-0.15, -0.1) is 0 Å². The van der Waals surface area contributed by atoms with Gasteiger partial charge < -0.3 is 4.90 Å². The first-order chi connectivity index (χ1) is 10.6. The Labute approximate surface area is 136 Å². The molecule has 120 valence electrons. The van der Waals surface area contributed by atoms with Crippen LogP contribution in [0.5, 0.6) is 0 Å². The molecule has 1 amide bonds. The lowest BCUT2D eigenvalue weighted by atomic mass is 10.0. The van der Waals surface area contributed by atoms with Crippen LogP contribution in [0.1, 0.15) is 38.2 Å². The fraction of sp³-hybridized carbons (Fsp3) is 0.588. The van der Waals surface area contributed by atoms with Crippen molar-refractivity contribution >= 4 is 17.5 Å². The lowest BCUT2D eigenvalue weighted by Crippen LogP contribution is -2.47. The number of hydrogen-bond donors (Lipinski definition) is 0. The highest BCUT2D eigenvalue weighted by Gasteiger charge is 2.38. The van der Waals surface area contributed by atoms with Crippen LogP contribution in [-0.2, 0) is 11.3 Å². The Morgan fingerprint density at radius 2 is 2.00 bits per heavy atom. The van der Waals surface area contributed by atoms with Crippen LogP contribution >= 0.6 is 11.6 Å². The second kappa shape index (κ2) is 6.55. The van der Waals surface area contributed by atoms with Crippen LogP contribution < -0.4 is 0 Å². The molecule has 1 aromatic carbocycles. The van der Waals surface area contributed by atoms with Crippen molar-refractivity contribution in [1.82, 2.24) is 9.80 Å². The van der Waals surface area contributed by atoms with Crippen LogP contribution in [0.4, 0.5) is 4.39 Å². The van der Waals surface area contributed by atoms with Crippen LogP contribution in [0, 0.1) is 5.82 Å². The fourth-order valence-corrected chi connectivity index (χ4v) is 4.16. The van der Waals surface area contributed by atoms with Crippen molar-refractivity contribution in [2.24, 2.45) is 0 Å². The molecule has 0 bridgehead atoms. The lowest BCUT2D eigenvalue weighted by molar-refractivity contribution is -0.130. The van der Waals surface area contributed by atoms with Gasteiger partial charge in [0.25, 0.3) is 0 Å². The minimum atomic E-state index is -0.301. The monoisotopic (exact) mass is 324 g/mol. The first-order valence-electron chi connectivity index (χ1n) is 8.01. The van der Waals surface area contributed by atoms with Crippen LogP contribution in [-0.4, -0.2) is 40.9 Å². The van der Waals surface area contributed by atoms with Gasteiger partial charge in [0, 0.05) is 37.1 Å².